The van der Waals surface area contributed by atoms with Gasteiger partial charge in [-0.1, -0.05) is 42.5 Å². The van der Waals surface area contributed by atoms with Crippen LogP contribution >= 0.6 is 0 Å². The topological polar surface area (TPSA) is 89.4 Å². The number of rotatable bonds is 10. The Morgan fingerprint density at radius 3 is 2.59 bits per heavy atom. The maximum Gasteiger partial charge on any atom is 0.185 e. The van der Waals surface area contributed by atoms with Gasteiger partial charge in [-0.05, 0) is 74.6 Å². The third-order valence-corrected chi connectivity index (χ3v) is 8.00. The van der Waals surface area contributed by atoms with E-state index < -0.39 is 0 Å². The number of aromatic hydroxyl groups is 1. The summed E-state index contributed by atoms with van der Waals surface area (Å²) in [6.07, 6.45) is 8.26. The molecule has 1 aromatic heterocycles. The largest absolute Gasteiger partial charge is 0.504 e. The van der Waals surface area contributed by atoms with Gasteiger partial charge in [-0.25, -0.2) is 9.97 Å². The number of hydrogen-bond donors (Lipinski definition) is 1. The summed E-state index contributed by atoms with van der Waals surface area (Å²) in [5.41, 5.74) is 3.15. The average Bonchev–Trinajstić information content (AvgIpc) is 3.58. The van der Waals surface area contributed by atoms with E-state index in [1.807, 2.05) is 12.1 Å². The number of ether oxygens (including phenoxy) is 1. The van der Waals surface area contributed by atoms with Gasteiger partial charge in [-0.15, -0.1) is 0 Å². The number of benzene rings is 2. The summed E-state index contributed by atoms with van der Waals surface area (Å²) in [4.78, 5) is 32.0. The Bertz CT molecular complexity index is 1270. The minimum atomic E-state index is -0.233. The van der Waals surface area contributed by atoms with E-state index in [1.54, 1.807) is 6.92 Å². The SMILES string of the molecule is Cc1nc(CC2CCC3(CC2)CC3Oc2cccc(-c3ccccc3)c2)nc(C(=O)CCCC=O)c1O. The molecule has 0 bridgehead atoms. The normalized spacial score (nSPS) is 22.5. The smallest absolute Gasteiger partial charge is 0.185 e. The zero-order chi connectivity index (χ0) is 25.8. The van der Waals surface area contributed by atoms with Crippen LogP contribution < -0.4 is 4.74 Å². The van der Waals surface area contributed by atoms with E-state index in [0.29, 0.717) is 36.7 Å². The monoisotopic (exact) mass is 498 g/mol. The third kappa shape index (κ3) is 5.74. The van der Waals surface area contributed by atoms with Crippen LogP contribution in [0.25, 0.3) is 11.1 Å². The summed E-state index contributed by atoms with van der Waals surface area (Å²) in [6.45, 7) is 1.71. The molecule has 1 atom stereocenters. The quantitative estimate of drug-likeness (QED) is 0.201. The second kappa shape index (κ2) is 10.8. The molecule has 0 aliphatic heterocycles. The highest BCUT2D eigenvalue weighted by atomic mass is 16.5. The van der Waals surface area contributed by atoms with Gasteiger partial charge in [0.2, 0.25) is 0 Å². The van der Waals surface area contributed by atoms with E-state index in [9.17, 15) is 14.7 Å². The highest BCUT2D eigenvalue weighted by Gasteiger charge is 2.57. The first-order valence-corrected chi connectivity index (χ1v) is 13.3. The summed E-state index contributed by atoms with van der Waals surface area (Å²) in [6, 6.07) is 18.7. The Morgan fingerprint density at radius 1 is 1.08 bits per heavy atom. The predicted octanol–water partition coefficient (Wildman–Crippen LogP) is 6.28. The molecule has 1 unspecified atom stereocenters. The maximum atomic E-state index is 12.5. The summed E-state index contributed by atoms with van der Waals surface area (Å²) in [5, 5.41) is 10.3. The van der Waals surface area contributed by atoms with Crippen molar-refractivity contribution in [2.24, 2.45) is 11.3 Å². The van der Waals surface area contributed by atoms with Crippen LogP contribution in [-0.4, -0.2) is 33.2 Å². The number of aldehydes is 1. The first kappa shape index (κ1) is 25.1. The zero-order valence-corrected chi connectivity index (χ0v) is 21.4. The molecule has 3 aromatic rings. The number of nitrogens with zero attached hydrogens (tertiary/aromatic N) is 2. The number of ketones is 1. The first-order valence-electron chi connectivity index (χ1n) is 13.3. The highest BCUT2D eigenvalue weighted by molar-refractivity contribution is 5.96. The van der Waals surface area contributed by atoms with E-state index in [2.05, 4.69) is 52.4 Å². The summed E-state index contributed by atoms with van der Waals surface area (Å²) < 4.78 is 6.43. The molecule has 6 nitrogen and oxygen atoms in total. The maximum absolute atomic E-state index is 12.5. The lowest BCUT2D eigenvalue weighted by Gasteiger charge is -2.29. The van der Waals surface area contributed by atoms with Gasteiger partial charge in [0.25, 0.3) is 0 Å². The molecule has 2 aromatic carbocycles. The molecule has 2 aliphatic carbocycles. The van der Waals surface area contributed by atoms with Gasteiger partial charge < -0.3 is 14.6 Å². The van der Waals surface area contributed by atoms with Crippen molar-refractivity contribution in [1.82, 2.24) is 9.97 Å². The summed E-state index contributed by atoms with van der Waals surface area (Å²) in [5.74, 6) is 1.63. The standard InChI is InChI=1S/C31H34N2O4/c1-21-30(36)29(26(35)12-5-6-17-34)33-28(32-21)18-22-13-15-31(16-14-22)20-27(31)37-25-11-7-10-24(19-25)23-8-3-2-4-9-23/h2-4,7-11,17,19,22,27,36H,5-6,12-16,18,20H2,1H3. The van der Waals surface area contributed by atoms with Crippen LogP contribution in [-0.2, 0) is 11.2 Å². The fourth-order valence-electron chi connectivity index (χ4n) is 5.64. The van der Waals surface area contributed by atoms with Gasteiger partial charge in [0.1, 0.15) is 24.0 Å². The molecule has 5 rings (SSSR count). The van der Waals surface area contributed by atoms with Crippen molar-refractivity contribution in [3.8, 4) is 22.6 Å². The molecule has 2 saturated carbocycles. The molecule has 6 heteroatoms. The van der Waals surface area contributed by atoms with Crippen molar-refractivity contribution in [3.63, 3.8) is 0 Å². The minimum absolute atomic E-state index is 0.0917. The fourth-order valence-corrected chi connectivity index (χ4v) is 5.64. The fraction of sp³-hybridized carbons (Fsp3) is 0.419. The Kier molecular flexibility index (Phi) is 7.36. The lowest BCUT2D eigenvalue weighted by Crippen LogP contribution is -2.22. The lowest BCUT2D eigenvalue weighted by atomic mass is 9.78. The molecular formula is C31H34N2O4. The number of Topliss-reactive ketones (excluding diaryl/α,β-unsaturated/α-hetero) is 1. The number of aryl methyl sites for hydroxylation is 1. The minimum Gasteiger partial charge on any atom is -0.504 e. The Balaban J connectivity index is 1.17. The van der Waals surface area contributed by atoms with Crippen LogP contribution in [0.1, 0.15) is 73.4 Å². The van der Waals surface area contributed by atoms with Gasteiger partial charge in [-0.2, -0.15) is 0 Å². The molecule has 192 valence electrons. The van der Waals surface area contributed by atoms with E-state index in [4.69, 9.17) is 4.74 Å². The van der Waals surface area contributed by atoms with Gasteiger partial charge in [0.15, 0.2) is 17.2 Å². The average molecular weight is 499 g/mol. The Hall–Kier alpha value is -3.54. The third-order valence-electron chi connectivity index (χ3n) is 8.00. The van der Waals surface area contributed by atoms with Gasteiger partial charge in [-0.3, -0.25) is 4.79 Å². The lowest BCUT2D eigenvalue weighted by molar-refractivity contribution is -0.107. The Morgan fingerprint density at radius 2 is 1.84 bits per heavy atom. The second-order valence-electron chi connectivity index (χ2n) is 10.6. The van der Waals surface area contributed by atoms with Crippen LogP contribution in [0.15, 0.2) is 54.6 Å². The summed E-state index contributed by atoms with van der Waals surface area (Å²) in [7, 11) is 0. The number of carbonyl (C=O) groups is 2. The predicted molar refractivity (Wildman–Crippen MR) is 142 cm³/mol. The number of hydrogen-bond acceptors (Lipinski definition) is 6. The number of carbonyl (C=O) groups excluding carboxylic acids is 2. The van der Waals surface area contributed by atoms with Crippen molar-refractivity contribution < 1.29 is 19.4 Å². The van der Waals surface area contributed by atoms with E-state index in [1.165, 1.54) is 11.1 Å². The van der Waals surface area contributed by atoms with Gasteiger partial charge in [0, 0.05) is 24.7 Å². The Labute approximate surface area is 218 Å². The van der Waals surface area contributed by atoms with Crippen LogP contribution in [0.2, 0.25) is 0 Å². The molecular weight excluding hydrogens is 464 g/mol. The highest BCUT2D eigenvalue weighted by Crippen LogP contribution is 2.59. The van der Waals surface area contributed by atoms with Crippen molar-refractivity contribution in [1.29, 1.82) is 0 Å². The van der Waals surface area contributed by atoms with Crippen LogP contribution in [0.4, 0.5) is 0 Å². The zero-order valence-electron chi connectivity index (χ0n) is 21.4. The van der Waals surface area contributed by atoms with Crippen LogP contribution in [0, 0.1) is 18.3 Å². The first-order chi connectivity index (χ1) is 18.0. The molecule has 1 heterocycles. The van der Waals surface area contributed by atoms with Crippen LogP contribution in [0.3, 0.4) is 0 Å². The summed E-state index contributed by atoms with van der Waals surface area (Å²) >= 11 is 0. The molecule has 1 spiro atoms. The molecule has 1 N–H and O–H groups in total. The molecule has 0 saturated heterocycles. The molecule has 37 heavy (non-hydrogen) atoms. The second-order valence-corrected chi connectivity index (χ2v) is 10.6. The molecule has 2 fully saturated rings. The molecule has 0 radical (unpaired) electrons. The molecule has 0 amide bonds. The van der Waals surface area contributed by atoms with Crippen molar-refractivity contribution in [3.05, 3.63) is 71.8 Å². The van der Waals surface area contributed by atoms with E-state index in [-0.39, 0.29) is 35.2 Å². The van der Waals surface area contributed by atoms with Crippen molar-refractivity contribution >= 4 is 12.1 Å². The number of aromatic nitrogens is 2. The van der Waals surface area contributed by atoms with Gasteiger partial charge >= 0.3 is 0 Å². The van der Waals surface area contributed by atoms with E-state index in [0.717, 1.165) is 44.1 Å². The van der Waals surface area contributed by atoms with Crippen LogP contribution in [0.5, 0.6) is 11.5 Å². The molecule has 2 aliphatic rings. The van der Waals surface area contributed by atoms with E-state index >= 15 is 0 Å². The number of unbranched alkanes of at least 4 members (excludes halogenated alkanes) is 1. The van der Waals surface area contributed by atoms with Crippen molar-refractivity contribution in [2.45, 2.75) is 70.8 Å². The van der Waals surface area contributed by atoms with Crippen molar-refractivity contribution in [2.75, 3.05) is 0 Å². The van der Waals surface area contributed by atoms with Gasteiger partial charge in [0.05, 0.1) is 5.69 Å².